The van der Waals surface area contributed by atoms with Crippen molar-refractivity contribution in [1.82, 2.24) is 4.90 Å². The lowest BCUT2D eigenvalue weighted by molar-refractivity contribution is 0.0585. The number of fused-ring (bicyclic) bond motifs is 1. The molecule has 1 aliphatic heterocycles. The molecule has 0 saturated carbocycles. The molecule has 3 aromatic rings. The summed E-state index contributed by atoms with van der Waals surface area (Å²) in [4.78, 5) is 15.7. The van der Waals surface area contributed by atoms with Crippen LogP contribution in [0.25, 0.3) is 0 Å². The van der Waals surface area contributed by atoms with E-state index in [1.807, 2.05) is 66.4 Å². The molecule has 4 rings (SSSR count). The van der Waals surface area contributed by atoms with E-state index in [9.17, 15) is 4.79 Å². The quantitative estimate of drug-likeness (QED) is 0.435. The van der Waals surface area contributed by atoms with Crippen molar-refractivity contribution in [2.75, 3.05) is 41.1 Å². The maximum absolute atomic E-state index is 13.8. The van der Waals surface area contributed by atoms with Crippen molar-refractivity contribution < 1.29 is 28.5 Å². The Kier molecular flexibility index (Phi) is 7.65. The zero-order valence-corrected chi connectivity index (χ0v) is 20.6. The SMILES string of the molecule is CCOc1ccccc1C(=O)N1CCc2cc(OC)c(OC)cc2[C@H]1COc1ccc(OC)cc1. The van der Waals surface area contributed by atoms with Gasteiger partial charge >= 0.3 is 0 Å². The Labute approximate surface area is 206 Å². The standard InChI is InChI=1S/C28H31NO6/c1-5-34-25-9-7-6-8-22(25)28(30)29-15-14-19-16-26(32-3)27(33-4)17-23(19)24(29)18-35-21-12-10-20(31-2)11-13-21/h6-13,16-17,24H,5,14-15,18H2,1-4H3/t24-/m1/s1. The molecular weight excluding hydrogens is 446 g/mol. The van der Waals surface area contributed by atoms with E-state index in [2.05, 4.69) is 0 Å². The number of carbonyl (C=O) groups is 1. The van der Waals surface area contributed by atoms with Gasteiger partial charge in [0.2, 0.25) is 0 Å². The summed E-state index contributed by atoms with van der Waals surface area (Å²) in [5, 5.41) is 0. The molecule has 1 atom stereocenters. The molecule has 1 aliphatic rings. The highest BCUT2D eigenvalue weighted by molar-refractivity contribution is 5.97. The van der Waals surface area contributed by atoms with Crippen LogP contribution in [-0.2, 0) is 6.42 Å². The molecule has 0 unspecified atom stereocenters. The lowest BCUT2D eigenvalue weighted by Gasteiger charge is -2.38. The first-order valence-electron chi connectivity index (χ1n) is 11.6. The highest BCUT2D eigenvalue weighted by Gasteiger charge is 2.34. The van der Waals surface area contributed by atoms with Crippen LogP contribution in [0, 0.1) is 0 Å². The van der Waals surface area contributed by atoms with Crippen molar-refractivity contribution >= 4 is 5.91 Å². The summed E-state index contributed by atoms with van der Waals surface area (Å²) in [5.74, 6) is 3.21. The van der Waals surface area contributed by atoms with Crippen LogP contribution in [0.15, 0.2) is 60.7 Å². The molecule has 0 saturated heterocycles. The van der Waals surface area contributed by atoms with Gasteiger partial charge in [-0.3, -0.25) is 4.79 Å². The Bertz CT molecular complexity index is 1160. The lowest BCUT2D eigenvalue weighted by Crippen LogP contribution is -2.42. The summed E-state index contributed by atoms with van der Waals surface area (Å²) in [6, 6.07) is 18.4. The Morgan fingerprint density at radius 3 is 2.23 bits per heavy atom. The minimum absolute atomic E-state index is 0.0992. The van der Waals surface area contributed by atoms with Crippen molar-refractivity contribution in [3.05, 3.63) is 77.4 Å². The summed E-state index contributed by atoms with van der Waals surface area (Å²) in [6.07, 6.45) is 0.692. The van der Waals surface area contributed by atoms with Crippen molar-refractivity contribution in [2.45, 2.75) is 19.4 Å². The zero-order chi connectivity index (χ0) is 24.8. The number of ether oxygens (including phenoxy) is 5. The smallest absolute Gasteiger partial charge is 0.258 e. The van der Waals surface area contributed by atoms with Crippen LogP contribution >= 0.6 is 0 Å². The van der Waals surface area contributed by atoms with Crippen LogP contribution in [0.2, 0.25) is 0 Å². The molecule has 0 radical (unpaired) electrons. The number of amides is 1. The fraction of sp³-hybridized carbons (Fsp3) is 0.321. The van der Waals surface area contributed by atoms with Gasteiger partial charge in [0.1, 0.15) is 23.9 Å². The van der Waals surface area contributed by atoms with E-state index in [4.69, 9.17) is 23.7 Å². The number of nitrogens with zero attached hydrogens (tertiary/aromatic N) is 1. The Morgan fingerprint density at radius 2 is 1.54 bits per heavy atom. The van der Waals surface area contributed by atoms with E-state index in [1.165, 1.54) is 0 Å². The monoisotopic (exact) mass is 477 g/mol. The average molecular weight is 478 g/mol. The van der Waals surface area contributed by atoms with Gasteiger partial charge in [0.15, 0.2) is 11.5 Å². The summed E-state index contributed by atoms with van der Waals surface area (Å²) < 4.78 is 28.2. The second-order valence-corrected chi connectivity index (χ2v) is 8.09. The van der Waals surface area contributed by atoms with Gasteiger partial charge in [-0.25, -0.2) is 0 Å². The first-order chi connectivity index (χ1) is 17.1. The fourth-order valence-electron chi connectivity index (χ4n) is 4.38. The second kappa shape index (κ2) is 11.0. The minimum Gasteiger partial charge on any atom is -0.497 e. The molecule has 0 aliphatic carbocycles. The van der Waals surface area contributed by atoms with E-state index in [-0.39, 0.29) is 18.6 Å². The minimum atomic E-state index is -0.331. The Hall–Kier alpha value is -3.87. The molecule has 0 N–H and O–H groups in total. The van der Waals surface area contributed by atoms with Crippen molar-refractivity contribution in [3.63, 3.8) is 0 Å². The number of hydrogen-bond acceptors (Lipinski definition) is 6. The van der Waals surface area contributed by atoms with Crippen molar-refractivity contribution in [3.8, 4) is 28.7 Å². The summed E-state index contributed by atoms with van der Waals surface area (Å²) in [6.45, 7) is 3.20. The molecule has 7 heteroatoms. The summed E-state index contributed by atoms with van der Waals surface area (Å²) >= 11 is 0. The molecule has 3 aromatic carbocycles. The molecule has 35 heavy (non-hydrogen) atoms. The number of benzene rings is 3. The van der Waals surface area contributed by atoms with Gasteiger partial charge in [-0.1, -0.05) is 12.1 Å². The highest BCUT2D eigenvalue weighted by atomic mass is 16.5. The third-order valence-electron chi connectivity index (χ3n) is 6.15. The van der Waals surface area contributed by atoms with E-state index < -0.39 is 0 Å². The number of rotatable bonds is 9. The zero-order valence-electron chi connectivity index (χ0n) is 20.6. The molecule has 184 valence electrons. The molecule has 0 bridgehead atoms. The average Bonchev–Trinajstić information content (AvgIpc) is 2.91. The maximum atomic E-state index is 13.8. The van der Waals surface area contributed by atoms with Gasteiger partial charge in [0, 0.05) is 6.54 Å². The molecule has 0 spiro atoms. The number of carbonyl (C=O) groups excluding carboxylic acids is 1. The van der Waals surface area contributed by atoms with E-state index in [0.717, 1.165) is 16.9 Å². The number of para-hydroxylation sites is 1. The van der Waals surface area contributed by atoms with Crippen LogP contribution in [0.5, 0.6) is 28.7 Å². The fourth-order valence-corrected chi connectivity index (χ4v) is 4.38. The molecule has 0 fully saturated rings. The number of methoxy groups -OCH3 is 3. The topological polar surface area (TPSA) is 66.5 Å². The van der Waals surface area contributed by atoms with Crippen LogP contribution in [0.3, 0.4) is 0 Å². The number of hydrogen-bond donors (Lipinski definition) is 0. The highest BCUT2D eigenvalue weighted by Crippen LogP contribution is 2.39. The maximum Gasteiger partial charge on any atom is 0.258 e. The van der Waals surface area contributed by atoms with Crippen LogP contribution in [0.4, 0.5) is 0 Å². The predicted molar refractivity (Wildman–Crippen MR) is 133 cm³/mol. The van der Waals surface area contributed by atoms with Gasteiger partial charge in [0.05, 0.1) is 39.5 Å². The summed E-state index contributed by atoms with van der Waals surface area (Å²) in [7, 11) is 4.86. The van der Waals surface area contributed by atoms with Crippen LogP contribution in [0.1, 0.15) is 34.5 Å². The third-order valence-corrected chi connectivity index (χ3v) is 6.15. The lowest BCUT2D eigenvalue weighted by atomic mass is 9.91. The van der Waals surface area contributed by atoms with Gasteiger partial charge in [-0.15, -0.1) is 0 Å². The molecule has 1 amide bonds. The Morgan fingerprint density at radius 1 is 0.857 bits per heavy atom. The molecule has 7 nitrogen and oxygen atoms in total. The van der Waals surface area contributed by atoms with Crippen LogP contribution in [-0.4, -0.2) is 51.9 Å². The predicted octanol–water partition coefficient (Wildman–Crippen LogP) is 4.93. The Balaban J connectivity index is 1.70. The van der Waals surface area contributed by atoms with Crippen LogP contribution < -0.4 is 23.7 Å². The van der Waals surface area contributed by atoms with E-state index in [0.29, 0.717) is 48.1 Å². The molecular formula is C28H31NO6. The first kappa shape index (κ1) is 24.3. The van der Waals surface area contributed by atoms with Gasteiger partial charge in [0.25, 0.3) is 5.91 Å². The molecule has 0 aromatic heterocycles. The van der Waals surface area contributed by atoms with Crippen molar-refractivity contribution in [2.24, 2.45) is 0 Å². The van der Waals surface area contributed by atoms with Gasteiger partial charge in [-0.2, -0.15) is 0 Å². The first-order valence-corrected chi connectivity index (χ1v) is 11.6. The van der Waals surface area contributed by atoms with Gasteiger partial charge < -0.3 is 28.6 Å². The molecule has 1 heterocycles. The van der Waals surface area contributed by atoms with Gasteiger partial charge in [-0.05, 0) is 73.0 Å². The van der Waals surface area contributed by atoms with Crippen molar-refractivity contribution in [1.29, 1.82) is 0 Å². The normalized spacial score (nSPS) is 14.6. The van der Waals surface area contributed by atoms with E-state index in [1.54, 1.807) is 27.4 Å². The summed E-state index contributed by atoms with van der Waals surface area (Å²) in [5.41, 5.74) is 2.62. The second-order valence-electron chi connectivity index (χ2n) is 8.09. The van der Waals surface area contributed by atoms with E-state index >= 15 is 0 Å². The third kappa shape index (κ3) is 5.14. The largest absolute Gasteiger partial charge is 0.497 e.